The minimum absolute atomic E-state index is 0.0605. The minimum atomic E-state index is -4.69. The van der Waals surface area contributed by atoms with Gasteiger partial charge in [0.05, 0.1) is 23.0 Å². The molecule has 156 valence electrons. The standard InChI is InChI=1S/C22H13ClF3N3O2/c1-11-18(21(30)31)15-9-17(22(24,25)26)28-10-16(15)29-19(11)13-6-4-12(5-7-13)14-3-2-8-27-20(14)23/h2-10H,1H3,(H,30,31). The predicted molar refractivity (Wildman–Crippen MR) is 110 cm³/mol. The number of carbonyl (C=O) groups is 1. The average molecular weight is 444 g/mol. The van der Waals surface area contributed by atoms with E-state index in [1.165, 1.54) is 6.92 Å². The van der Waals surface area contributed by atoms with Gasteiger partial charge in [-0.1, -0.05) is 35.9 Å². The molecule has 0 saturated carbocycles. The lowest BCUT2D eigenvalue weighted by Crippen LogP contribution is -2.10. The van der Waals surface area contributed by atoms with E-state index in [0.29, 0.717) is 16.4 Å². The number of aromatic carboxylic acids is 1. The molecule has 0 amide bonds. The molecule has 5 nitrogen and oxygen atoms in total. The molecule has 0 aliphatic carbocycles. The lowest BCUT2D eigenvalue weighted by Gasteiger charge is -2.14. The van der Waals surface area contributed by atoms with E-state index in [1.807, 2.05) is 6.07 Å². The second-order valence-corrected chi connectivity index (χ2v) is 7.13. The van der Waals surface area contributed by atoms with Crippen molar-refractivity contribution in [3.63, 3.8) is 0 Å². The Balaban J connectivity index is 1.87. The Morgan fingerprint density at radius 2 is 1.74 bits per heavy atom. The topological polar surface area (TPSA) is 76.0 Å². The Hall–Kier alpha value is -3.52. The van der Waals surface area contributed by atoms with Gasteiger partial charge in [-0.2, -0.15) is 13.2 Å². The van der Waals surface area contributed by atoms with Crippen molar-refractivity contribution in [2.75, 3.05) is 0 Å². The SMILES string of the molecule is Cc1c(-c2ccc(-c3cccnc3Cl)cc2)nc2cnc(C(F)(F)F)cc2c1C(=O)O. The van der Waals surface area contributed by atoms with Crippen LogP contribution in [0.2, 0.25) is 5.15 Å². The lowest BCUT2D eigenvalue weighted by molar-refractivity contribution is -0.141. The van der Waals surface area contributed by atoms with E-state index in [4.69, 9.17) is 11.6 Å². The molecule has 3 aromatic heterocycles. The number of benzene rings is 1. The number of fused-ring (bicyclic) bond motifs is 1. The molecule has 0 fully saturated rings. The van der Waals surface area contributed by atoms with Gasteiger partial charge >= 0.3 is 12.1 Å². The van der Waals surface area contributed by atoms with Crippen molar-refractivity contribution in [2.45, 2.75) is 13.1 Å². The normalized spacial score (nSPS) is 11.6. The fourth-order valence-corrected chi connectivity index (χ4v) is 3.61. The van der Waals surface area contributed by atoms with Crippen molar-refractivity contribution < 1.29 is 23.1 Å². The summed E-state index contributed by atoms with van der Waals surface area (Å²) in [5, 5.41) is 9.93. The summed E-state index contributed by atoms with van der Waals surface area (Å²) in [4.78, 5) is 23.8. The summed E-state index contributed by atoms with van der Waals surface area (Å²) in [6.45, 7) is 1.52. The highest BCUT2D eigenvalue weighted by Crippen LogP contribution is 2.35. The van der Waals surface area contributed by atoms with Crippen molar-refractivity contribution in [1.29, 1.82) is 0 Å². The third-order valence-corrected chi connectivity index (χ3v) is 5.15. The van der Waals surface area contributed by atoms with E-state index >= 15 is 0 Å². The first-order chi connectivity index (χ1) is 14.7. The predicted octanol–water partition coefficient (Wildman–Crippen LogP) is 6.04. The molecule has 4 aromatic rings. The van der Waals surface area contributed by atoms with Gasteiger partial charge in [-0.3, -0.25) is 0 Å². The maximum atomic E-state index is 13.1. The maximum Gasteiger partial charge on any atom is 0.433 e. The molecule has 0 atom stereocenters. The van der Waals surface area contributed by atoms with Gasteiger partial charge in [0, 0.05) is 22.7 Å². The number of nitrogens with zero attached hydrogens (tertiary/aromatic N) is 3. The fourth-order valence-electron chi connectivity index (χ4n) is 3.38. The first-order valence-electron chi connectivity index (χ1n) is 8.99. The van der Waals surface area contributed by atoms with E-state index < -0.39 is 17.8 Å². The molecule has 0 saturated heterocycles. The number of rotatable bonds is 3. The number of hydrogen-bond acceptors (Lipinski definition) is 4. The molecule has 0 spiro atoms. The number of alkyl halides is 3. The van der Waals surface area contributed by atoms with Crippen molar-refractivity contribution in [2.24, 2.45) is 0 Å². The van der Waals surface area contributed by atoms with Crippen LogP contribution in [0.25, 0.3) is 33.3 Å². The van der Waals surface area contributed by atoms with Crippen LogP contribution in [0.15, 0.2) is 54.9 Å². The maximum absolute atomic E-state index is 13.1. The van der Waals surface area contributed by atoms with Gasteiger partial charge in [-0.15, -0.1) is 0 Å². The van der Waals surface area contributed by atoms with E-state index in [2.05, 4.69) is 15.0 Å². The fraction of sp³-hybridized carbons (Fsp3) is 0.0909. The third-order valence-electron chi connectivity index (χ3n) is 4.85. The van der Waals surface area contributed by atoms with Crippen LogP contribution in [0.3, 0.4) is 0 Å². The smallest absolute Gasteiger partial charge is 0.433 e. The molecule has 31 heavy (non-hydrogen) atoms. The minimum Gasteiger partial charge on any atom is -0.478 e. The van der Waals surface area contributed by atoms with Crippen LogP contribution < -0.4 is 0 Å². The first kappa shape index (κ1) is 20.7. The van der Waals surface area contributed by atoms with Crippen LogP contribution in [0.4, 0.5) is 13.2 Å². The second-order valence-electron chi connectivity index (χ2n) is 6.77. The number of halogens is 4. The van der Waals surface area contributed by atoms with Crippen LogP contribution in [-0.4, -0.2) is 26.0 Å². The third kappa shape index (κ3) is 3.82. The molecule has 1 N–H and O–H groups in total. The van der Waals surface area contributed by atoms with E-state index in [9.17, 15) is 23.1 Å². The summed E-state index contributed by atoms with van der Waals surface area (Å²) in [5.41, 5.74) is 1.38. The largest absolute Gasteiger partial charge is 0.478 e. The zero-order chi connectivity index (χ0) is 22.3. The summed E-state index contributed by atoms with van der Waals surface area (Å²) in [7, 11) is 0. The number of aromatic nitrogens is 3. The molecular weight excluding hydrogens is 431 g/mol. The average Bonchev–Trinajstić information content (AvgIpc) is 2.72. The summed E-state index contributed by atoms with van der Waals surface area (Å²) in [5.74, 6) is -1.34. The van der Waals surface area contributed by atoms with Gasteiger partial charge in [-0.05, 0) is 36.2 Å². The van der Waals surface area contributed by atoms with Gasteiger partial charge in [0.15, 0.2) is 0 Å². The number of carboxylic acid groups (broad SMARTS) is 1. The Labute approximate surface area is 179 Å². The van der Waals surface area contributed by atoms with Crippen LogP contribution >= 0.6 is 11.6 Å². The zero-order valence-electron chi connectivity index (χ0n) is 15.9. The summed E-state index contributed by atoms with van der Waals surface area (Å²) in [6, 6.07) is 11.3. The van der Waals surface area contributed by atoms with E-state index in [-0.39, 0.29) is 22.0 Å². The Morgan fingerprint density at radius 1 is 1.06 bits per heavy atom. The van der Waals surface area contributed by atoms with Gasteiger partial charge < -0.3 is 5.11 Å². The van der Waals surface area contributed by atoms with Crippen LogP contribution in [0.5, 0.6) is 0 Å². The van der Waals surface area contributed by atoms with Gasteiger partial charge in [-0.25, -0.2) is 19.7 Å². The molecule has 9 heteroatoms. The van der Waals surface area contributed by atoms with Gasteiger partial charge in [0.25, 0.3) is 0 Å². The zero-order valence-corrected chi connectivity index (χ0v) is 16.7. The number of hydrogen-bond donors (Lipinski definition) is 1. The highest BCUT2D eigenvalue weighted by molar-refractivity contribution is 6.32. The highest BCUT2D eigenvalue weighted by atomic mass is 35.5. The molecule has 4 rings (SSSR count). The second kappa shape index (κ2) is 7.63. The van der Waals surface area contributed by atoms with Crippen molar-refractivity contribution in [1.82, 2.24) is 15.0 Å². The highest BCUT2D eigenvalue weighted by Gasteiger charge is 2.33. The summed E-state index contributed by atoms with van der Waals surface area (Å²) < 4.78 is 39.2. The molecule has 1 aromatic carbocycles. The Morgan fingerprint density at radius 3 is 2.35 bits per heavy atom. The van der Waals surface area contributed by atoms with Crippen LogP contribution in [0.1, 0.15) is 21.6 Å². The summed E-state index contributed by atoms with van der Waals surface area (Å²) in [6.07, 6.45) is -2.18. The van der Waals surface area contributed by atoms with Gasteiger partial charge in [0.2, 0.25) is 0 Å². The molecule has 0 aliphatic heterocycles. The van der Waals surface area contributed by atoms with Crippen LogP contribution in [-0.2, 0) is 6.18 Å². The summed E-state index contributed by atoms with van der Waals surface area (Å²) >= 11 is 6.13. The molecule has 3 heterocycles. The number of pyridine rings is 3. The van der Waals surface area contributed by atoms with Crippen molar-refractivity contribution >= 4 is 28.5 Å². The van der Waals surface area contributed by atoms with Crippen molar-refractivity contribution in [3.05, 3.63) is 76.8 Å². The quantitative estimate of drug-likeness (QED) is 0.391. The molecule has 0 unspecified atom stereocenters. The molecule has 0 radical (unpaired) electrons. The number of carboxylic acids is 1. The first-order valence-corrected chi connectivity index (χ1v) is 9.37. The molecule has 0 aliphatic rings. The van der Waals surface area contributed by atoms with E-state index in [1.54, 1.807) is 36.5 Å². The lowest BCUT2D eigenvalue weighted by atomic mass is 9.96. The van der Waals surface area contributed by atoms with Gasteiger partial charge in [0.1, 0.15) is 10.8 Å². The molecular formula is C22H13ClF3N3O2. The van der Waals surface area contributed by atoms with Crippen molar-refractivity contribution in [3.8, 4) is 22.4 Å². The van der Waals surface area contributed by atoms with Crippen LogP contribution in [0, 0.1) is 6.92 Å². The monoisotopic (exact) mass is 443 g/mol. The van der Waals surface area contributed by atoms with E-state index in [0.717, 1.165) is 23.4 Å². The Bertz CT molecular complexity index is 1320. The Kier molecular flexibility index (Phi) is 5.10. The molecule has 0 bridgehead atoms.